The van der Waals surface area contributed by atoms with Crippen molar-refractivity contribution in [2.75, 3.05) is 4.90 Å². The number of nitrogens with zero attached hydrogens (tertiary/aromatic N) is 3. The number of rotatable bonds is 3. The molecule has 0 aliphatic rings. The van der Waals surface area contributed by atoms with Crippen LogP contribution in [-0.2, 0) is 4.79 Å². The van der Waals surface area contributed by atoms with Crippen molar-refractivity contribution in [1.29, 1.82) is 0 Å². The van der Waals surface area contributed by atoms with E-state index >= 15 is 0 Å². The largest absolute Gasteiger partial charge is 0.274 e. The Hall–Kier alpha value is -2.83. The van der Waals surface area contributed by atoms with E-state index in [2.05, 4.69) is 4.98 Å². The van der Waals surface area contributed by atoms with Gasteiger partial charge in [-0.1, -0.05) is 0 Å². The summed E-state index contributed by atoms with van der Waals surface area (Å²) in [4.78, 5) is 27.6. The minimum absolute atomic E-state index is 0.121. The van der Waals surface area contributed by atoms with Crippen LogP contribution in [0.15, 0.2) is 30.5 Å². The van der Waals surface area contributed by atoms with Gasteiger partial charge in [0, 0.05) is 19.2 Å². The maximum atomic E-state index is 13.6. The smallest absolute Gasteiger partial charge is 0.274 e. The Balaban J connectivity index is 2.62. The van der Waals surface area contributed by atoms with Gasteiger partial charge in [-0.2, -0.15) is 0 Å². The lowest BCUT2D eigenvalue weighted by Gasteiger charge is -2.23. The fourth-order valence-electron chi connectivity index (χ4n) is 2.11. The monoisotopic (exact) mass is 303 g/mol. The second kappa shape index (κ2) is 5.88. The molecule has 0 saturated heterocycles. The van der Waals surface area contributed by atoms with Gasteiger partial charge in [0.25, 0.3) is 5.69 Å². The summed E-state index contributed by atoms with van der Waals surface area (Å²) in [7, 11) is 0. The van der Waals surface area contributed by atoms with Gasteiger partial charge in [0.05, 0.1) is 16.7 Å². The zero-order chi connectivity index (χ0) is 16.4. The van der Waals surface area contributed by atoms with Gasteiger partial charge in [0.15, 0.2) is 0 Å². The highest BCUT2D eigenvalue weighted by atomic mass is 19.1. The van der Waals surface area contributed by atoms with Crippen molar-refractivity contribution in [3.63, 3.8) is 0 Å². The molecule has 0 N–H and O–H groups in total. The molecule has 1 aromatic carbocycles. The van der Waals surface area contributed by atoms with Crippen molar-refractivity contribution in [1.82, 2.24) is 4.98 Å². The highest BCUT2D eigenvalue weighted by molar-refractivity contribution is 5.99. The molecule has 0 saturated carbocycles. The van der Waals surface area contributed by atoms with Crippen molar-refractivity contribution < 1.29 is 14.1 Å². The zero-order valence-corrected chi connectivity index (χ0v) is 12.3. The first-order valence-corrected chi connectivity index (χ1v) is 6.49. The first-order valence-electron chi connectivity index (χ1n) is 6.49. The molecule has 0 radical (unpaired) electrons. The summed E-state index contributed by atoms with van der Waals surface area (Å²) >= 11 is 0. The molecular formula is C15H14FN3O3. The Morgan fingerprint density at radius 3 is 2.55 bits per heavy atom. The SMILES string of the molecule is CC(=O)N(c1cc([N+](=O)[O-])ccn1)c1ccc(F)c(C)c1C. The van der Waals surface area contributed by atoms with E-state index in [4.69, 9.17) is 0 Å². The third kappa shape index (κ3) is 2.78. The average Bonchev–Trinajstić information content (AvgIpc) is 2.47. The Morgan fingerprint density at radius 2 is 1.95 bits per heavy atom. The van der Waals surface area contributed by atoms with Gasteiger partial charge in [-0.3, -0.25) is 19.8 Å². The average molecular weight is 303 g/mol. The normalized spacial score (nSPS) is 10.4. The van der Waals surface area contributed by atoms with E-state index < -0.39 is 4.92 Å². The predicted molar refractivity (Wildman–Crippen MR) is 79.6 cm³/mol. The van der Waals surface area contributed by atoms with Gasteiger partial charge in [0.1, 0.15) is 11.6 Å². The van der Waals surface area contributed by atoms with Crippen LogP contribution in [0.4, 0.5) is 21.6 Å². The Labute approximate surface area is 126 Å². The quantitative estimate of drug-likeness (QED) is 0.643. The second-order valence-corrected chi connectivity index (χ2v) is 4.80. The molecule has 22 heavy (non-hydrogen) atoms. The third-order valence-electron chi connectivity index (χ3n) is 3.42. The maximum absolute atomic E-state index is 13.6. The number of benzene rings is 1. The molecule has 1 heterocycles. The van der Waals surface area contributed by atoms with E-state index in [0.717, 1.165) is 0 Å². The van der Waals surface area contributed by atoms with E-state index in [0.29, 0.717) is 16.8 Å². The summed E-state index contributed by atoms with van der Waals surface area (Å²) in [6.07, 6.45) is 1.26. The topological polar surface area (TPSA) is 76.3 Å². The summed E-state index contributed by atoms with van der Waals surface area (Å²) < 4.78 is 13.6. The lowest BCUT2D eigenvalue weighted by molar-refractivity contribution is -0.384. The molecule has 0 atom stereocenters. The summed E-state index contributed by atoms with van der Waals surface area (Å²) in [5, 5.41) is 10.9. The van der Waals surface area contributed by atoms with Gasteiger partial charge >= 0.3 is 0 Å². The Morgan fingerprint density at radius 1 is 1.27 bits per heavy atom. The highest BCUT2D eigenvalue weighted by Gasteiger charge is 2.21. The van der Waals surface area contributed by atoms with Gasteiger partial charge in [-0.05, 0) is 37.1 Å². The fraction of sp³-hybridized carbons (Fsp3) is 0.200. The third-order valence-corrected chi connectivity index (χ3v) is 3.42. The van der Waals surface area contributed by atoms with Gasteiger partial charge < -0.3 is 0 Å². The number of halogens is 1. The van der Waals surface area contributed by atoms with Crippen molar-refractivity contribution in [3.05, 3.63) is 57.5 Å². The van der Waals surface area contributed by atoms with Crippen molar-refractivity contribution in [2.24, 2.45) is 0 Å². The van der Waals surface area contributed by atoms with E-state index in [1.165, 1.54) is 42.3 Å². The summed E-state index contributed by atoms with van der Waals surface area (Å²) in [6.45, 7) is 4.60. The van der Waals surface area contributed by atoms with Crippen LogP contribution in [0.1, 0.15) is 18.1 Å². The van der Waals surface area contributed by atoms with Crippen LogP contribution in [0.25, 0.3) is 0 Å². The summed E-state index contributed by atoms with van der Waals surface area (Å²) in [6, 6.07) is 5.16. The van der Waals surface area contributed by atoms with Gasteiger partial charge in [-0.15, -0.1) is 0 Å². The molecule has 0 bridgehead atoms. The first-order chi connectivity index (χ1) is 10.3. The number of aromatic nitrogens is 1. The molecule has 0 aliphatic heterocycles. The molecule has 0 aliphatic carbocycles. The van der Waals surface area contributed by atoms with E-state index in [1.54, 1.807) is 13.8 Å². The van der Waals surface area contributed by atoms with Crippen LogP contribution in [0, 0.1) is 29.8 Å². The molecule has 0 unspecified atom stereocenters. The lowest BCUT2D eigenvalue weighted by Crippen LogP contribution is -2.25. The van der Waals surface area contributed by atoms with E-state index in [1.807, 2.05) is 0 Å². The minimum Gasteiger partial charge on any atom is -0.274 e. The van der Waals surface area contributed by atoms with Gasteiger partial charge in [-0.25, -0.2) is 9.37 Å². The number of carbonyl (C=O) groups is 1. The van der Waals surface area contributed by atoms with Crippen LogP contribution < -0.4 is 4.90 Å². The fourth-order valence-corrected chi connectivity index (χ4v) is 2.11. The van der Waals surface area contributed by atoms with Crippen LogP contribution in [-0.4, -0.2) is 15.8 Å². The van der Waals surface area contributed by atoms with Crippen molar-refractivity contribution in [3.8, 4) is 0 Å². The van der Waals surface area contributed by atoms with Gasteiger partial charge in [0.2, 0.25) is 5.91 Å². The number of anilines is 2. The predicted octanol–water partition coefficient (Wildman–Crippen LogP) is 3.43. The molecule has 0 fully saturated rings. The molecule has 6 nitrogen and oxygen atoms in total. The highest BCUT2D eigenvalue weighted by Crippen LogP contribution is 2.31. The van der Waals surface area contributed by atoms with Crippen LogP contribution >= 0.6 is 0 Å². The molecule has 0 spiro atoms. The molecule has 2 rings (SSSR count). The lowest BCUT2D eigenvalue weighted by atomic mass is 10.1. The molecule has 114 valence electrons. The van der Waals surface area contributed by atoms with Crippen molar-refractivity contribution in [2.45, 2.75) is 20.8 Å². The molecular weight excluding hydrogens is 289 g/mol. The van der Waals surface area contributed by atoms with Crippen LogP contribution in [0.5, 0.6) is 0 Å². The first kappa shape index (κ1) is 15.6. The number of hydrogen-bond donors (Lipinski definition) is 0. The molecule has 1 amide bonds. The summed E-state index contributed by atoms with van der Waals surface area (Å²) in [5.41, 5.74) is 1.25. The molecule has 7 heteroatoms. The van der Waals surface area contributed by atoms with Crippen LogP contribution in [0.2, 0.25) is 0 Å². The number of nitro groups is 1. The van der Waals surface area contributed by atoms with Crippen LogP contribution in [0.3, 0.4) is 0 Å². The molecule has 1 aromatic heterocycles. The molecule has 2 aromatic rings. The summed E-state index contributed by atoms with van der Waals surface area (Å²) in [5.74, 6) is -0.630. The minimum atomic E-state index is -0.563. The Kier molecular flexibility index (Phi) is 4.16. The number of pyridine rings is 1. The Bertz CT molecular complexity index is 762. The van der Waals surface area contributed by atoms with E-state index in [-0.39, 0.29) is 23.2 Å². The van der Waals surface area contributed by atoms with E-state index in [9.17, 15) is 19.3 Å². The number of hydrogen-bond acceptors (Lipinski definition) is 4. The number of carbonyl (C=O) groups excluding carboxylic acids is 1. The van der Waals surface area contributed by atoms with Crippen molar-refractivity contribution >= 4 is 23.1 Å². The second-order valence-electron chi connectivity index (χ2n) is 4.80. The zero-order valence-electron chi connectivity index (χ0n) is 12.3. The maximum Gasteiger partial charge on any atom is 0.274 e. The number of amides is 1. The standard InChI is InChI=1S/C15H14FN3O3/c1-9-10(2)14(5-4-13(9)16)18(11(3)20)15-8-12(19(21)22)6-7-17-15/h4-8H,1-3H3.